The molecule has 2 aliphatic rings. The van der Waals surface area contributed by atoms with E-state index < -0.39 is 0 Å². The van der Waals surface area contributed by atoms with Crippen LogP contribution in [0.4, 0.5) is 0 Å². The van der Waals surface area contributed by atoms with E-state index in [0.29, 0.717) is 11.8 Å². The lowest BCUT2D eigenvalue weighted by atomic mass is 9.74. The molecule has 5 heteroatoms. The van der Waals surface area contributed by atoms with E-state index in [9.17, 15) is 4.79 Å². The van der Waals surface area contributed by atoms with Gasteiger partial charge >= 0.3 is 0 Å². The van der Waals surface area contributed by atoms with Gasteiger partial charge in [-0.05, 0) is 38.7 Å². The first-order chi connectivity index (χ1) is 9.13. The van der Waals surface area contributed by atoms with E-state index in [0.717, 1.165) is 29.9 Å². The van der Waals surface area contributed by atoms with Gasteiger partial charge in [-0.2, -0.15) is 10.2 Å². The van der Waals surface area contributed by atoms with Crippen LogP contribution in [-0.2, 0) is 11.3 Å². The molecule has 0 aromatic carbocycles. The highest BCUT2D eigenvalue weighted by Crippen LogP contribution is 2.39. The van der Waals surface area contributed by atoms with Crippen molar-refractivity contribution in [3.63, 3.8) is 0 Å². The third kappa shape index (κ3) is 2.32. The van der Waals surface area contributed by atoms with Crippen LogP contribution in [0, 0.1) is 25.7 Å². The van der Waals surface area contributed by atoms with Crippen molar-refractivity contribution >= 4 is 11.6 Å². The molecule has 5 nitrogen and oxygen atoms in total. The number of nitrogens with one attached hydrogen (secondary N) is 1. The number of carbonyl (C=O) groups is 1. The fraction of sp³-hybridized carbons (Fsp3) is 0.500. The maximum Gasteiger partial charge on any atom is 0.261 e. The van der Waals surface area contributed by atoms with Crippen molar-refractivity contribution in [2.75, 3.05) is 0 Å². The van der Waals surface area contributed by atoms with E-state index in [-0.39, 0.29) is 12.5 Å². The zero-order chi connectivity index (χ0) is 13.4. The Morgan fingerprint density at radius 2 is 2.42 bits per heavy atom. The molecular weight excluding hydrogens is 240 g/mol. The normalized spacial score (nSPS) is 26.3. The fourth-order valence-corrected chi connectivity index (χ4v) is 2.80. The second-order valence-electron chi connectivity index (χ2n) is 5.36. The van der Waals surface area contributed by atoms with E-state index in [1.54, 1.807) is 4.68 Å². The number of carbonyl (C=O) groups excluding carboxylic acids is 1. The number of aromatic nitrogens is 2. The van der Waals surface area contributed by atoms with Gasteiger partial charge in [0.15, 0.2) is 0 Å². The van der Waals surface area contributed by atoms with Gasteiger partial charge in [-0.25, -0.2) is 5.43 Å². The van der Waals surface area contributed by atoms with Crippen molar-refractivity contribution in [3.05, 3.63) is 29.6 Å². The van der Waals surface area contributed by atoms with Crippen molar-refractivity contribution < 1.29 is 4.79 Å². The molecule has 3 rings (SSSR count). The Labute approximate surface area is 112 Å². The largest absolute Gasteiger partial charge is 0.271 e. The second kappa shape index (κ2) is 4.64. The lowest BCUT2D eigenvalue weighted by molar-refractivity contribution is -0.121. The van der Waals surface area contributed by atoms with Gasteiger partial charge in [0.25, 0.3) is 5.91 Å². The topological polar surface area (TPSA) is 59.3 Å². The molecule has 1 fully saturated rings. The van der Waals surface area contributed by atoms with Gasteiger partial charge in [0, 0.05) is 17.3 Å². The number of hydrogen-bond donors (Lipinski definition) is 1. The Hall–Kier alpha value is -1.91. The lowest BCUT2D eigenvalue weighted by Crippen LogP contribution is -2.36. The number of rotatable bonds is 3. The van der Waals surface area contributed by atoms with E-state index in [4.69, 9.17) is 0 Å². The number of hydrazone groups is 1. The Balaban J connectivity index is 1.55. The first-order valence-electron chi connectivity index (χ1n) is 6.66. The Kier molecular flexibility index (Phi) is 2.97. The molecule has 19 heavy (non-hydrogen) atoms. The predicted molar refractivity (Wildman–Crippen MR) is 72.6 cm³/mol. The van der Waals surface area contributed by atoms with Crippen LogP contribution in [-0.4, -0.2) is 21.4 Å². The minimum Gasteiger partial charge on any atom is -0.271 e. The lowest BCUT2D eigenvalue weighted by Gasteiger charge is -2.31. The SMILES string of the molecule is Cc1cc(C)n(CC(=O)N/N=C2/C[C@@H]3C=CC[C@H]23)n1. The van der Waals surface area contributed by atoms with Gasteiger partial charge in [-0.3, -0.25) is 9.48 Å². The second-order valence-corrected chi connectivity index (χ2v) is 5.36. The Morgan fingerprint density at radius 3 is 3.11 bits per heavy atom. The number of aryl methyl sites for hydroxylation is 2. The van der Waals surface area contributed by atoms with E-state index in [1.165, 1.54) is 0 Å². The quantitative estimate of drug-likeness (QED) is 0.661. The smallest absolute Gasteiger partial charge is 0.261 e. The van der Waals surface area contributed by atoms with Gasteiger partial charge in [0.1, 0.15) is 6.54 Å². The van der Waals surface area contributed by atoms with Crippen LogP contribution >= 0.6 is 0 Å². The number of amides is 1. The number of fused-ring (bicyclic) bond motifs is 1. The van der Waals surface area contributed by atoms with Gasteiger partial charge in [0.2, 0.25) is 0 Å². The summed E-state index contributed by atoms with van der Waals surface area (Å²) in [6.07, 6.45) is 6.51. The predicted octanol–water partition coefficient (Wildman–Crippen LogP) is 1.57. The molecule has 1 saturated carbocycles. The van der Waals surface area contributed by atoms with Crippen LogP contribution in [0.3, 0.4) is 0 Å². The molecule has 0 unspecified atom stereocenters. The third-order valence-electron chi connectivity index (χ3n) is 3.88. The van der Waals surface area contributed by atoms with Crippen LogP contribution in [0.5, 0.6) is 0 Å². The maximum atomic E-state index is 11.8. The molecule has 2 aliphatic carbocycles. The van der Waals surface area contributed by atoms with E-state index >= 15 is 0 Å². The number of nitrogens with zero attached hydrogens (tertiary/aromatic N) is 3. The monoisotopic (exact) mass is 258 g/mol. The first-order valence-corrected chi connectivity index (χ1v) is 6.66. The van der Waals surface area contributed by atoms with Gasteiger partial charge in [-0.1, -0.05) is 12.2 Å². The van der Waals surface area contributed by atoms with Crippen molar-refractivity contribution in [2.45, 2.75) is 33.2 Å². The summed E-state index contributed by atoms with van der Waals surface area (Å²) in [6.45, 7) is 4.09. The molecule has 1 N–H and O–H groups in total. The molecule has 100 valence electrons. The molecule has 1 amide bonds. The molecule has 0 aliphatic heterocycles. The first kappa shape index (κ1) is 12.1. The zero-order valence-corrected chi connectivity index (χ0v) is 11.3. The summed E-state index contributed by atoms with van der Waals surface area (Å²) >= 11 is 0. The minimum atomic E-state index is -0.117. The summed E-state index contributed by atoms with van der Waals surface area (Å²) < 4.78 is 1.70. The van der Waals surface area contributed by atoms with Crippen LogP contribution in [0.1, 0.15) is 24.2 Å². The third-order valence-corrected chi connectivity index (χ3v) is 3.88. The highest BCUT2D eigenvalue weighted by Gasteiger charge is 2.37. The summed E-state index contributed by atoms with van der Waals surface area (Å²) in [5.41, 5.74) is 5.68. The number of hydrogen-bond acceptors (Lipinski definition) is 3. The highest BCUT2D eigenvalue weighted by molar-refractivity contribution is 5.94. The standard InChI is InChI=1S/C14H18N4O/c1-9-6-10(2)18(17-9)8-14(19)16-15-13-7-11-4-3-5-12(11)13/h3-4,6,11-12H,5,7-8H2,1-2H3,(H,16,19)/b15-13-/t11-,12-/m0/s1. The molecule has 1 aromatic rings. The van der Waals surface area contributed by atoms with Crippen molar-refractivity contribution in [1.29, 1.82) is 0 Å². The molecule has 1 heterocycles. The summed E-state index contributed by atoms with van der Waals surface area (Å²) in [5.74, 6) is 1.08. The van der Waals surface area contributed by atoms with E-state index in [2.05, 4.69) is 27.8 Å². The minimum absolute atomic E-state index is 0.117. The zero-order valence-electron chi connectivity index (χ0n) is 11.3. The summed E-state index contributed by atoms with van der Waals surface area (Å²) in [7, 11) is 0. The van der Waals surface area contributed by atoms with Crippen LogP contribution in [0.2, 0.25) is 0 Å². The average Bonchev–Trinajstić information content (AvgIpc) is 2.83. The number of allylic oxidation sites excluding steroid dienone is 2. The molecule has 0 saturated heterocycles. The summed E-state index contributed by atoms with van der Waals surface area (Å²) in [6, 6.07) is 1.96. The molecule has 2 atom stereocenters. The Morgan fingerprint density at radius 1 is 1.58 bits per heavy atom. The van der Waals surface area contributed by atoms with Crippen molar-refractivity contribution in [1.82, 2.24) is 15.2 Å². The molecule has 0 spiro atoms. The van der Waals surface area contributed by atoms with Crippen LogP contribution < -0.4 is 5.43 Å². The van der Waals surface area contributed by atoms with Crippen molar-refractivity contribution in [3.8, 4) is 0 Å². The maximum absolute atomic E-state index is 11.8. The molecular formula is C14H18N4O. The molecule has 1 aromatic heterocycles. The fourth-order valence-electron chi connectivity index (χ4n) is 2.80. The summed E-state index contributed by atoms with van der Waals surface area (Å²) in [5, 5.41) is 8.50. The molecule has 0 bridgehead atoms. The van der Waals surface area contributed by atoms with Crippen LogP contribution in [0.15, 0.2) is 23.3 Å². The molecule has 0 radical (unpaired) electrons. The van der Waals surface area contributed by atoms with Crippen LogP contribution in [0.25, 0.3) is 0 Å². The summed E-state index contributed by atoms with van der Waals surface area (Å²) in [4.78, 5) is 11.8. The van der Waals surface area contributed by atoms with Crippen molar-refractivity contribution in [2.24, 2.45) is 16.9 Å². The average molecular weight is 258 g/mol. The van der Waals surface area contributed by atoms with Gasteiger partial charge in [-0.15, -0.1) is 0 Å². The highest BCUT2D eigenvalue weighted by atomic mass is 16.2. The van der Waals surface area contributed by atoms with Gasteiger partial charge in [0.05, 0.1) is 5.69 Å². The Bertz CT molecular complexity index is 570. The van der Waals surface area contributed by atoms with E-state index in [1.807, 2.05) is 19.9 Å². The van der Waals surface area contributed by atoms with Gasteiger partial charge < -0.3 is 0 Å².